The molecule has 5 nitrogen and oxygen atoms in total. The summed E-state index contributed by atoms with van der Waals surface area (Å²) in [5.74, 6) is 0. The Bertz CT molecular complexity index is 334. The van der Waals surface area contributed by atoms with E-state index in [-0.39, 0.29) is 12.9 Å². The highest BCUT2D eigenvalue weighted by Crippen LogP contribution is 2.24. The van der Waals surface area contributed by atoms with Crippen LogP contribution in [0.25, 0.3) is 0 Å². The summed E-state index contributed by atoms with van der Waals surface area (Å²) in [5, 5.41) is -0.620. The Balaban J connectivity index is 2.25. The third-order valence-corrected chi connectivity index (χ3v) is 3.75. The fourth-order valence-corrected chi connectivity index (χ4v) is 2.73. The van der Waals surface area contributed by atoms with Crippen molar-refractivity contribution < 1.29 is 22.6 Å². The molecule has 0 aromatic rings. The molecule has 0 saturated carbocycles. The number of fused-ring (bicyclic) bond motifs is 1. The van der Waals surface area contributed by atoms with Crippen LogP contribution in [0.2, 0.25) is 0 Å². The Morgan fingerprint density at radius 3 is 2.93 bits per heavy atom. The van der Waals surface area contributed by atoms with Crippen molar-refractivity contribution in [3.8, 4) is 0 Å². The molecule has 6 heteroatoms. The summed E-state index contributed by atoms with van der Waals surface area (Å²) in [4.78, 5) is 0. The highest BCUT2D eigenvalue weighted by molar-refractivity contribution is 7.91. The van der Waals surface area contributed by atoms with Crippen LogP contribution >= 0.6 is 0 Å². The van der Waals surface area contributed by atoms with Crippen LogP contribution in [0, 0.1) is 0 Å². The lowest BCUT2D eigenvalue weighted by Crippen LogP contribution is -2.50. The standard InChI is InChI=1S/C8H12O5S/c1-14(9,10)7-2-3-12-6-4-11-5-13-8(6)7/h2-3,6-8H,4-5H2,1H3/t6-,7+,8-/m1/s1. The van der Waals surface area contributed by atoms with E-state index < -0.39 is 21.2 Å². The maximum Gasteiger partial charge on any atom is 0.156 e. The lowest BCUT2D eigenvalue weighted by atomic mass is 10.1. The van der Waals surface area contributed by atoms with Crippen molar-refractivity contribution in [2.45, 2.75) is 17.5 Å². The van der Waals surface area contributed by atoms with Crippen LogP contribution < -0.4 is 0 Å². The van der Waals surface area contributed by atoms with E-state index in [1.165, 1.54) is 18.6 Å². The molecule has 0 aliphatic carbocycles. The minimum Gasteiger partial charge on any atom is -0.493 e. The van der Waals surface area contributed by atoms with Gasteiger partial charge in [0.15, 0.2) is 9.84 Å². The van der Waals surface area contributed by atoms with Gasteiger partial charge in [-0.05, 0) is 6.08 Å². The largest absolute Gasteiger partial charge is 0.493 e. The Labute approximate surface area is 82.6 Å². The number of rotatable bonds is 1. The minimum atomic E-state index is -3.14. The van der Waals surface area contributed by atoms with Crippen LogP contribution in [0.15, 0.2) is 12.3 Å². The molecule has 0 unspecified atom stereocenters. The summed E-state index contributed by atoms with van der Waals surface area (Å²) >= 11 is 0. The highest BCUT2D eigenvalue weighted by Gasteiger charge is 2.40. The zero-order valence-electron chi connectivity index (χ0n) is 7.75. The van der Waals surface area contributed by atoms with Gasteiger partial charge in [0.2, 0.25) is 0 Å². The third-order valence-electron chi connectivity index (χ3n) is 2.33. The van der Waals surface area contributed by atoms with E-state index in [0.29, 0.717) is 6.61 Å². The molecule has 0 spiro atoms. The van der Waals surface area contributed by atoms with Gasteiger partial charge in [0.1, 0.15) is 24.3 Å². The molecule has 0 N–H and O–H groups in total. The Morgan fingerprint density at radius 1 is 1.43 bits per heavy atom. The van der Waals surface area contributed by atoms with Gasteiger partial charge in [-0.1, -0.05) is 0 Å². The van der Waals surface area contributed by atoms with Crippen LogP contribution in [0.3, 0.4) is 0 Å². The predicted molar refractivity (Wildman–Crippen MR) is 48.3 cm³/mol. The topological polar surface area (TPSA) is 61.8 Å². The van der Waals surface area contributed by atoms with Crippen molar-refractivity contribution in [1.82, 2.24) is 0 Å². The van der Waals surface area contributed by atoms with Crippen molar-refractivity contribution in [3.63, 3.8) is 0 Å². The average Bonchev–Trinajstić information content (AvgIpc) is 2.15. The summed E-state index contributed by atoms with van der Waals surface area (Å²) in [6.45, 7) is 0.505. The third kappa shape index (κ3) is 1.77. The molecule has 0 amide bonds. The van der Waals surface area contributed by atoms with E-state index in [0.717, 1.165) is 0 Å². The second-order valence-electron chi connectivity index (χ2n) is 3.42. The molecule has 14 heavy (non-hydrogen) atoms. The number of ether oxygens (including phenoxy) is 3. The second-order valence-corrected chi connectivity index (χ2v) is 5.62. The number of hydrogen-bond donors (Lipinski definition) is 0. The lowest BCUT2D eigenvalue weighted by Gasteiger charge is -2.36. The Kier molecular flexibility index (Phi) is 2.50. The fourth-order valence-electron chi connectivity index (χ4n) is 1.64. The first-order valence-corrected chi connectivity index (χ1v) is 6.25. The molecular weight excluding hydrogens is 208 g/mol. The van der Waals surface area contributed by atoms with Gasteiger partial charge in [0.25, 0.3) is 0 Å². The fraction of sp³-hybridized carbons (Fsp3) is 0.750. The van der Waals surface area contributed by atoms with Gasteiger partial charge in [-0.2, -0.15) is 0 Å². The van der Waals surface area contributed by atoms with E-state index >= 15 is 0 Å². The van der Waals surface area contributed by atoms with E-state index in [1.807, 2.05) is 0 Å². The molecule has 0 aromatic heterocycles. The first-order chi connectivity index (χ1) is 6.59. The van der Waals surface area contributed by atoms with Gasteiger partial charge in [-0.25, -0.2) is 8.42 Å². The summed E-state index contributed by atoms with van der Waals surface area (Å²) in [5.41, 5.74) is 0. The van der Waals surface area contributed by atoms with Crippen molar-refractivity contribution in [2.24, 2.45) is 0 Å². The molecule has 0 radical (unpaired) electrons. The molecule has 2 rings (SSSR count). The zero-order chi connectivity index (χ0) is 10.2. The van der Waals surface area contributed by atoms with Crippen molar-refractivity contribution in [1.29, 1.82) is 0 Å². The molecule has 1 fully saturated rings. The van der Waals surface area contributed by atoms with Crippen LogP contribution in [0.1, 0.15) is 0 Å². The molecule has 2 aliphatic rings. The maximum atomic E-state index is 11.4. The molecule has 2 heterocycles. The number of sulfone groups is 1. The van der Waals surface area contributed by atoms with Crippen LogP contribution in [-0.2, 0) is 24.0 Å². The SMILES string of the molecule is CS(=O)(=O)[C@H]1C=CO[C@@H]2COCO[C@H]21. The molecule has 2 aliphatic heterocycles. The monoisotopic (exact) mass is 220 g/mol. The van der Waals surface area contributed by atoms with E-state index in [1.54, 1.807) is 0 Å². The van der Waals surface area contributed by atoms with Crippen LogP contribution in [0.4, 0.5) is 0 Å². The van der Waals surface area contributed by atoms with Crippen molar-refractivity contribution >= 4 is 9.84 Å². The average molecular weight is 220 g/mol. The Hall–Kier alpha value is -0.590. The van der Waals surface area contributed by atoms with Crippen LogP contribution in [0.5, 0.6) is 0 Å². The van der Waals surface area contributed by atoms with E-state index in [4.69, 9.17) is 14.2 Å². The zero-order valence-corrected chi connectivity index (χ0v) is 8.57. The summed E-state index contributed by atoms with van der Waals surface area (Å²) in [6, 6.07) is 0. The first-order valence-electron chi connectivity index (χ1n) is 4.29. The Morgan fingerprint density at radius 2 is 2.21 bits per heavy atom. The summed E-state index contributed by atoms with van der Waals surface area (Å²) in [7, 11) is -3.14. The van der Waals surface area contributed by atoms with Crippen molar-refractivity contribution in [2.75, 3.05) is 19.7 Å². The van der Waals surface area contributed by atoms with Gasteiger partial charge >= 0.3 is 0 Å². The summed E-state index contributed by atoms with van der Waals surface area (Å²) in [6.07, 6.45) is 3.37. The molecule has 0 aromatic carbocycles. The summed E-state index contributed by atoms with van der Waals surface area (Å²) < 4.78 is 38.3. The smallest absolute Gasteiger partial charge is 0.156 e. The molecular formula is C8H12O5S. The quantitative estimate of drug-likeness (QED) is 0.606. The van der Waals surface area contributed by atoms with E-state index in [9.17, 15) is 8.42 Å². The van der Waals surface area contributed by atoms with Gasteiger partial charge in [-0.3, -0.25) is 0 Å². The normalized spacial score (nSPS) is 37.4. The van der Waals surface area contributed by atoms with Gasteiger partial charge in [0.05, 0.1) is 12.9 Å². The van der Waals surface area contributed by atoms with Gasteiger partial charge in [0, 0.05) is 6.26 Å². The van der Waals surface area contributed by atoms with Crippen molar-refractivity contribution in [3.05, 3.63) is 12.3 Å². The van der Waals surface area contributed by atoms with Gasteiger partial charge < -0.3 is 14.2 Å². The molecule has 80 valence electrons. The second kappa shape index (κ2) is 3.52. The molecule has 0 bridgehead atoms. The maximum absolute atomic E-state index is 11.4. The molecule has 3 atom stereocenters. The van der Waals surface area contributed by atoms with Gasteiger partial charge in [-0.15, -0.1) is 0 Å². The highest BCUT2D eigenvalue weighted by atomic mass is 32.2. The van der Waals surface area contributed by atoms with Crippen LogP contribution in [-0.4, -0.2) is 45.5 Å². The predicted octanol–water partition coefficient (Wildman–Crippen LogP) is -0.315. The van der Waals surface area contributed by atoms with E-state index in [2.05, 4.69) is 0 Å². The molecule has 1 saturated heterocycles. The lowest BCUT2D eigenvalue weighted by molar-refractivity contribution is -0.196. The number of hydrogen-bond acceptors (Lipinski definition) is 5. The minimum absolute atomic E-state index is 0.129. The first kappa shape index (κ1) is 9.95.